The van der Waals surface area contributed by atoms with E-state index in [-0.39, 0.29) is 0 Å². The van der Waals surface area contributed by atoms with Gasteiger partial charge in [-0.1, -0.05) is 255 Å². The molecule has 1 fully saturated rings. The third-order valence-corrected chi connectivity index (χ3v) is 19.1. The summed E-state index contributed by atoms with van der Waals surface area (Å²) in [5.74, 6) is 0. The minimum Gasteiger partial charge on any atom is -0.399 e. The minimum absolute atomic E-state index is 0.392. The lowest BCUT2D eigenvalue weighted by Gasteiger charge is -2.32. The van der Waals surface area contributed by atoms with E-state index in [1.807, 2.05) is 18.2 Å². The van der Waals surface area contributed by atoms with Crippen molar-refractivity contribution >= 4 is 121 Å². The van der Waals surface area contributed by atoms with Gasteiger partial charge in [-0.15, -0.1) is 0 Å². The average Bonchev–Trinajstić information content (AvgIpc) is 0.800. The number of pyridine rings is 4. The fourth-order valence-electron chi connectivity index (χ4n) is 13.9. The van der Waals surface area contributed by atoms with Gasteiger partial charge in [0, 0.05) is 65.3 Å². The molecule has 4 aromatic heterocycles. The molecule has 1 aliphatic rings. The van der Waals surface area contributed by atoms with Gasteiger partial charge in [-0.05, 0) is 118 Å². The molecule has 0 atom stereocenters. The summed E-state index contributed by atoms with van der Waals surface area (Å²) in [6, 6.07) is 101. The molecule has 0 amide bonds. The van der Waals surface area contributed by atoms with Crippen LogP contribution in [0.4, 0.5) is 0 Å². The van der Waals surface area contributed by atoms with Crippen molar-refractivity contribution in [2.24, 2.45) is 0 Å². The summed E-state index contributed by atoms with van der Waals surface area (Å²) in [5, 5.41) is 19.3. The molecule has 0 bridgehead atoms. The molecule has 13 aromatic carbocycles. The highest BCUT2D eigenvalue weighted by molar-refractivity contribution is 6.62. The van der Waals surface area contributed by atoms with Gasteiger partial charge < -0.3 is 9.31 Å². The van der Waals surface area contributed by atoms with Gasteiger partial charge in [0.1, 0.15) is 0 Å². The lowest BCUT2D eigenvalue weighted by atomic mass is 9.78. The zero-order valence-corrected chi connectivity index (χ0v) is 50.8. The topological polar surface area (TPSA) is 70.0 Å². The molecule has 0 unspecified atom stereocenters. The van der Waals surface area contributed by atoms with Crippen molar-refractivity contribution in [1.82, 2.24) is 19.9 Å². The van der Waals surface area contributed by atoms with Gasteiger partial charge in [0.2, 0.25) is 0 Å². The number of rotatable bonds is 6. The van der Waals surface area contributed by atoms with Gasteiger partial charge in [0.25, 0.3) is 0 Å². The Morgan fingerprint density at radius 3 is 1.10 bits per heavy atom. The molecule has 0 aliphatic carbocycles. The number of aromatic nitrogens is 4. The molecule has 0 spiro atoms. The van der Waals surface area contributed by atoms with Gasteiger partial charge in [0.05, 0.1) is 56.0 Å². The summed E-state index contributed by atoms with van der Waals surface area (Å²) in [4.78, 5) is 20.9. The normalized spacial score (nSPS) is 13.8. The number of para-hydroxylation sites is 2. The van der Waals surface area contributed by atoms with Crippen LogP contribution in [0.2, 0.25) is 0 Å². The molecule has 1 saturated heterocycles. The van der Waals surface area contributed by atoms with E-state index in [1.165, 1.54) is 75.4 Å². The van der Waals surface area contributed by atoms with Crippen LogP contribution in [0.3, 0.4) is 0 Å². The van der Waals surface area contributed by atoms with Gasteiger partial charge in [0.15, 0.2) is 0 Å². The van der Waals surface area contributed by atoms with E-state index < -0.39 is 18.3 Å². The second-order valence-electron chi connectivity index (χ2n) is 25.0. The van der Waals surface area contributed by atoms with E-state index >= 15 is 0 Å². The van der Waals surface area contributed by atoms with E-state index in [0.29, 0.717) is 0 Å². The van der Waals surface area contributed by atoms with E-state index in [1.54, 1.807) is 0 Å². The fourth-order valence-corrected chi connectivity index (χ4v) is 13.9. The number of nitrogens with zero attached hydrogens (tertiary/aromatic N) is 4. The van der Waals surface area contributed by atoms with Crippen LogP contribution in [0, 0.1) is 0 Å². The van der Waals surface area contributed by atoms with Crippen molar-refractivity contribution in [3.05, 3.63) is 285 Å². The van der Waals surface area contributed by atoms with Crippen LogP contribution in [0.25, 0.3) is 164 Å². The van der Waals surface area contributed by atoms with Crippen LogP contribution in [0.15, 0.2) is 285 Å². The molecule has 6 nitrogen and oxygen atoms in total. The van der Waals surface area contributed by atoms with E-state index in [2.05, 4.69) is 295 Å². The Morgan fingerprint density at radius 2 is 0.615 bits per heavy atom. The molecule has 1 aliphatic heterocycles. The van der Waals surface area contributed by atoms with Crippen LogP contribution in [-0.2, 0) is 9.31 Å². The Hall–Kier alpha value is -11.0. The first-order valence-corrected chi connectivity index (χ1v) is 31.3. The van der Waals surface area contributed by atoms with E-state index in [0.717, 1.165) is 94.5 Å². The van der Waals surface area contributed by atoms with Crippen molar-refractivity contribution in [3.8, 4) is 56.2 Å². The molecular weight excluding hydrogens is 1110 g/mol. The second-order valence-corrected chi connectivity index (χ2v) is 25.0. The Morgan fingerprint density at radius 1 is 0.264 bits per heavy atom. The highest BCUT2D eigenvalue weighted by Gasteiger charge is 2.51. The van der Waals surface area contributed by atoms with Crippen molar-refractivity contribution in [1.29, 1.82) is 0 Å². The zero-order valence-electron chi connectivity index (χ0n) is 50.8. The van der Waals surface area contributed by atoms with Crippen molar-refractivity contribution < 1.29 is 9.31 Å². The first-order valence-electron chi connectivity index (χ1n) is 31.3. The first-order chi connectivity index (χ1) is 44.6. The molecule has 0 N–H and O–H groups in total. The monoisotopic (exact) mass is 1170 g/mol. The molecular formula is C84H59BN4O2. The van der Waals surface area contributed by atoms with Gasteiger partial charge >= 0.3 is 7.12 Å². The maximum atomic E-state index is 6.38. The van der Waals surface area contributed by atoms with Gasteiger partial charge in [-0.3, -0.25) is 0 Å². The maximum Gasteiger partial charge on any atom is 0.494 e. The van der Waals surface area contributed by atoms with Crippen LogP contribution >= 0.6 is 0 Å². The largest absolute Gasteiger partial charge is 0.494 e. The van der Waals surface area contributed by atoms with Crippen LogP contribution in [-0.4, -0.2) is 38.3 Å². The summed E-state index contributed by atoms with van der Waals surface area (Å²) >= 11 is 0. The fraction of sp³-hybridized carbons (Fsp3) is 0.0714. The van der Waals surface area contributed by atoms with Crippen molar-refractivity contribution in [3.63, 3.8) is 0 Å². The first kappa shape index (κ1) is 54.2. The summed E-state index contributed by atoms with van der Waals surface area (Å²) in [5.41, 5.74) is 14.5. The molecule has 91 heavy (non-hydrogen) atoms. The highest BCUT2D eigenvalue weighted by Crippen LogP contribution is 2.46. The smallest absolute Gasteiger partial charge is 0.399 e. The molecule has 430 valence electrons. The van der Waals surface area contributed by atoms with Crippen molar-refractivity contribution in [2.45, 2.75) is 38.9 Å². The predicted octanol–water partition coefficient (Wildman–Crippen LogP) is 21.1. The molecule has 0 saturated carbocycles. The summed E-state index contributed by atoms with van der Waals surface area (Å²) in [6.07, 6.45) is 0. The van der Waals surface area contributed by atoms with Crippen LogP contribution in [0.1, 0.15) is 27.7 Å². The molecule has 0 radical (unpaired) electrons. The molecule has 7 heteroatoms. The van der Waals surface area contributed by atoms with E-state index in [4.69, 9.17) is 29.2 Å². The number of fused-ring (bicyclic) bond motifs is 19. The molecule has 5 heterocycles. The summed E-state index contributed by atoms with van der Waals surface area (Å²) < 4.78 is 12.8. The van der Waals surface area contributed by atoms with Gasteiger partial charge in [-0.25, -0.2) is 19.9 Å². The van der Waals surface area contributed by atoms with Crippen molar-refractivity contribution in [2.75, 3.05) is 0 Å². The second kappa shape index (κ2) is 21.4. The molecule has 17 aromatic rings. The quantitative estimate of drug-likeness (QED) is 0.122. The van der Waals surface area contributed by atoms with E-state index in [9.17, 15) is 0 Å². The zero-order chi connectivity index (χ0) is 61.0. The number of hydrogen-bond acceptors (Lipinski definition) is 6. The lowest BCUT2D eigenvalue weighted by molar-refractivity contribution is 0.00578. The summed E-state index contributed by atoms with van der Waals surface area (Å²) in [6.45, 7) is 8.36. The molecule has 18 rings (SSSR count). The highest BCUT2D eigenvalue weighted by atomic mass is 16.7. The predicted molar refractivity (Wildman–Crippen MR) is 382 cm³/mol. The third kappa shape index (κ3) is 9.10. The Bertz CT molecular complexity index is 5790. The third-order valence-electron chi connectivity index (χ3n) is 19.1. The minimum atomic E-state index is -0.422. The van der Waals surface area contributed by atoms with Crippen LogP contribution in [0.5, 0.6) is 0 Å². The Labute approximate surface area is 527 Å². The lowest BCUT2D eigenvalue weighted by Crippen LogP contribution is -2.41. The Kier molecular flexibility index (Phi) is 12.7. The number of benzene rings is 13. The SMILES string of the molecule is CC1(C)OB(c2cccc(-c3nc4ccccc4c4c5ccccc5c5ccccc5c34)c2)OC1(C)C.c1ccc(-c2ccc3ccc4ccc(-c5ccc(-c6cccc(-c7nc8ccccc8c8c9ccccc9c9ccccc9c78)c6)cc5)nc4c3n2)cc1. The average molecular weight is 1170 g/mol. The van der Waals surface area contributed by atoms with Gasteiger partial charge in [-0.2, -0.15) is 0 Å². The summed E-state index contributed by atoms with van der Waals surface area (Å²) in [7, 11) is -0.422. The standard InChI is InChI=1S/C51H31N3.C33H28BNO2/c1-2-11-33(12-3-1)44-29-27-35-25-26-36-28-30-45(53-51(36)50(35)52-44)34-23-21-32(22-24-34)37-13-10-14-38(31-37)49-48-42-18-7-5-16-40(42)39-15-4-6-17-41(39)47(48)43-19-8-9-20-46(43)54-49;1-32(2)33(3,4)37-34(36-32)22-13-11-12-21(20-22)31-30-26-17-8-6-15-24(26)23-14-5-7-16-25(23)29(30)27-18-9-10-19-28(27)35-31/h1-31H;5-20H,1-4H3. The maximum absolute atomic E-state index is 6.38. The van der Waals surface area contributed by atoms with Crippen LogP contribution < -0.4 is 5.46 Å². The Balaban J connectivity index is 0.000000150. The number of hydrogen-bond donors (Lipinski definition) is 0.